The second kappa shape index (κ2) is 9.62. The molecular weight excluding hydrogens is 364 g/mol. The minimum atomic E-state index is -0.146. The van der Waals surface area contributed by atoms with Gasteiger partial charge in [-0.25, -0.2) is 0 Å². The zero-order chi connectivity index (χ0) is 19.1. The van der Waals surface area contributed by atoms with Crippen LogP contribution in [0.1, 0.15) is 24.4 Å². The van der Waals surface area contributed by atoms with Gasteiger partial charge in [0.05, 0.1) is 13.2 Å². The summed E-state index contributed by atoms with van der Waals surface area (Å²) < 4.78 is 10.8. The highest BCUT2D eigenvalue weighted by molar-refractivity contribution is 6.30. The van der Waals surface area contributed by atoms with E-state index < -0.39 is 0 Å². The first-order chi connectivity index (χ1) is 13.2. The van der Waals surface area contributed by atoms with Gasteiger partial charge in [0, 0.05) is 11.6 Å². The number of carbonyl (C=O) groups is 1. The van der Waals surface area contributed by atoms with Crippen molar-refractivity contribution in [3.8, 4) is 11.5 Å². The van der Waals surface area contributed by atoms with Crippen molar-refractivity contribution in [2.45, 2.75) is 18.9 Å². The van der Waals surface area contributed by atoms with Crippen LogP contribution >= 0.6 is 11.6 Å². The number of likely N-dealkylation sites (tertiary alicyclic amines) is 1. The van der Waals surface area contributed by atoms with Crippen molar-refractivity contribution in [1.82, 2.24) is 10.2 Å². The van der Waals surface area contributed by atoms with Crippen LogP contribution in [0.5, 0.6) is 11.5 Å². The van der Waals surface area contributed by atoms with Crippen LogP contribution in [0.25, 0.3) is 0 Å². The monoisotopic (exact) mass is 388 g/mol. The summed E-state index contributed by atoms with van der Waals surface area (Å²) in [5, 5.41) is 3.59. The first kappa shape index (κ1) is 19.5. The highest BCUT2D eigenvalue weighted by Gasteiger charge is 2.24. The van der Waals surface area contributed by atoms with Gasteiger partial charge in [-0.05, 0) is 61.8 Å². The van der Waals surface area contributed by atoms with Crippen LogP contribution in [0.2, 0.25) is 5.02 Å². The number of benzene rings is 2. The Labute approximate surface area is 165 Å². The average Bonchev–Trinajstić information content (AvgIpc) is 3.21. The van der Waals surface area contributed by atoms with Crippen LogP contribution in [-0.4, -0.2) is 44.2 Å². The molecule has 5 nitrogen and oxygen atoms in total. The van der Waals surface area contributed by atoms with E-state index in [9.17, 15) is 4.79 Å². The van der Waals surface area contributed by atoms with Crippen LogP contribution < -0.4 is 14.8 Å². The summed E-state index contributed by atoms with van der Waals surface area (Å²) in [6.45, 7) is 2.61. The lowest BCUT2D eigenvalue weighted by Gasteiger charge is -2.28. The Hall–Kier alpha value is -2.24. The van der Waals surface area contributed by atoms with E-state index in [4.69, 9.17) is 21.1 Å². The molecule has 1 N–H and O–H groups in total. The molecule has 0 bridgehead atoms. The zero-order valence-corrected chi connectivity index (χ0v) is 16.2. The minimum absolute atomic E-state index is 0.0321. The lowest BCUT2D eigenvalue weighted by atomic mass is 10.1. The van der Waals surface area contributed by atoms with Crippen molar-refractivity contribution in [1.29, 1.82) is 0 Å². The highest BCUT2D eigenvalue weighted by atomic mass is 35.5. The molecule has 3 rings (SSSR count). The molecule has 0 radical (unpaired) electrons. The second-order valence-corrected chi connectivity index (χ2v) is 7.02. The van der Waals surface area contributed by atoms with E-state index in [-0.39, 0.29) is 18.6 Å². The van der Waals surface area contributed by atoms with Crippen molar-refractivity contribution in [2.24, 2.45) is 0 Å². The molecule has 144 valence electrons. The maximum atomic E-state index is 12.2. The largest absolute Gasteiger partial charge is 0.497 e. The fourth-order valence-electron chi connectivity index (χ4n) is 3.30. The van der Waals surface area contributed by atoms with Crippen LogP contribution in [0.3, 0.4) is 0 Å². The summed E-state index contributed by atoms with van der Waals surface area (Å²) in [4.78, 5) is 14.7. The van der Waals surface area contributed by atoms with Gasteiger partial charge < -0.3 is 14.8 Å². The van der Waals surface area contributed by atoms with E-state index >= 15 is 0 Å². The van der Waals surface area contributed by atoms with Crippen molar-refractivity contribution in [3.63, 3.8) is 0 Å². The van der Waals surface area contributed by atoms with Gasteiger partial charge >= 0.3 is 0 Å². The predicted molar refractivity (Wildman–Crippen MR) is 106 cm³/mol. The normalized spacial score (nSPS) is 15.3. The average molecular weight is 389 g/mol. The van der Waals surface area contributed by atoms with E-state index in [1.807, 2.05) is 12.1 Å². The smallest absolute Gasteiger partial charge is 0.258 e. The van der Waals surface area contributed by atoms with Gasteiger partial charge in [-0.15, -0.1) is 0 Å². The molecule has 2 aromatic rings. The van der Waals surface area contributed by atoms with E-state index in [0.717, 1.165) is 18.8 Å². The second-order valence-electron chi connectivity index (χ2n) is 6.58. The van der Waals surface area contributed by atoms with E-state index in [1.54, 1.807) is 31.4 Å². The van der Waals surface area contributed by atoms with Gasteiger partial charge in [0.15, 0.2) is 6.61 Å². The Morgan fingerprint density at radius 2 is 1.89 bits per heavy atom. The molecule has 1 aliphatic rings. The van der Waals surface area contributed by atoms with E-state index in [0.29, 0.717) is 17.3 Å². The molecule has 0 aromatic heterocycles. The molecule has 1 fully saturated rings. The number of hydrogen-bond donors (Lipinski definition) is 1. The van der Waals surface area contributed by atoms with Gasteiger partial charge in [0.25, 0.3) is 5.91 Å². The topological polar surface area (TPSA) is 50.8 Å². The molecule has 2 aromatic carbocycles. The molecule has 0 aliphatic carbocycles. The fraction of sp³-hybridized carbons (Fsp3) is 0.381. The molecule has 0 spiro atoms. The summed E-state index contributed by atoms with van der Waals surface area (Å²) in [5.41, 5.74) is 1.17. The van der Waals surface area contributed by atoms with Crippen LogP contribution in [0.4, 0.5) is 0 Å². The molecule has 0 saturated carbocycles. The molecular formula is C21H25ClN2O3. The predicted octanol–water partition coefficient (Wildman–Crippen LogP) is 3.68. The molecule has 1 atom stereocenters. The van der Waals surface area contributed by atoms with Crippen molar-refractivity contribution in [2.75, 3.05) is 33.4 Å². The van der Waals surface area contributed by atoms with E-state index in [2.05, 4.69) is 22.3 Å². The maximum absolute atomic E-state index is 12.2. The molecule has 27 heavy (non-hydrogen) atoms. The number of halogens is 1. The van der Waals surface area contributed by atoms with Gasteiger partial charge in [0.2, 0.25) is 0 Å². The van der Waals surface area contributed by atoms with Crippen molar-refractivity contribution < 1.29 is 14.3 Å². The minimum Gasteiger partial charge on any atom is -0.497 e. The summed E-state index contributed by atoms with van der Waals surface area (Å²) >= 11 is 5.93. The third-order valence-corrected chi connectivity index (χ3v) is 4.98. The third kappa shape index (κ3) is 5.62. The Balaban J connectivity index is 1.57. The van der Waals surface area contributed by atoms with Crippen LogP contribution in [0, 0.1) is 0 Å². The summed E-state index contributed by atoms with van der Waals surface area (Å²) in [7, 11) is 1.66. The standard InChI is InChI=1S/C21H25ClN2O3/c1-26-18-9-7-16(8-10-18)20(24-11-2-3-12-24)14-23-21(25)15-27-19-6-4-5-17(22)13-19/h4-10,13,20H,2-3,11-12,14-15H2,1H3,(H,23,25)/t20-/m1/s1. The first-order valence-electron chi connectivity index (χ1n) is 9.19. The number of methoxy groups -OCH3 is 1. The number of amides is 1. The van der Waals surface area contributed by atoms with E-state index in [1.165, 1.54) is 18.4 Å². The van der Waals surface area contributed by atoms with Crippen molar-refractivity contribution in [3.05, 3.63) is 59.1 Å². The van der Waals surface area contributed by atoms with Gasteiger partial charge in [-0.1, -0.05) is 29.8 Å². The number of ether oxygens (including phenoxy) is 2. The lowest BCUT2D eigenvalue weighted by molar-refractivity contribution is -0.123. The SMILES string of the molecule is COc1ccc([C@@H](CNC(=O)COc2cccc(Cl)c2)N2CCCC2)cc1. The maximum Gasteiger partial charge on any atom is 0.258 e. The van der Waals surface area contributed by atoms with Crippen LogP contribution in [0.15, 0.2) is 48.5 Å². The summed E-state index contributed by atoms with van der Waals surface area (Å²) in [5.74, 6) is 1.27. The molecule has 1 saturated heterocycles. The number of rotatable bonds is 8. The molecule has 6 heteroatoms. The van der Waals surface area contributed by atoms with Gasteiger partial charge in [0.1, 0.15) is 11.5 Å². The molecule has 1 amide bonds. The Morgan fingerprint density at radius 3 is 2.56 bits per heavy atom. The third-order valence-electron chi connectivity index (χ3n) is 4.74. The Bertz CT molecular complexity index is 745. The summed E-state index contributed by atoms with van der Waals surface area (Å²) in [6.07, 6.45) is 2.39. The number of nitrogens with one attached hydrogen (secondary N) is 1. The quantitative estimate of drug-likeness (QED) is 0.749. The number of hydrogen-bond acceptors (Lipinski definition) is 4. The Kier molecular flexibility index (Phi) is 6.96. The molecule has 1 aliphatic heterocycles. The lowest BCUT2D eigenvalue weighted by Crippen LogP contribution is -2.38. The Morgan fingerprint density at radius 1 is 1.15 bits per heavy atom. The molecule has 1 heterocycles. The van der Waals surface area contributed by atoms with Gasteiger partial charge in [-0.3, -0.25) is 9.69 Å². The van der Waals surface area contributed by atoms with Crippen LogP contribution in [-0.2, 0) is 4.79 Å². The van der Waals surface area contributed by atoms with Crippen molar-refractivity contribution >= 4 is 17.5 Å². The summed E-state index contributed by atoms with van der Waals surface area (Å²) in [6, 6.07) is 15.2. The highest BCUT2D eigenvalue weighted by Crippen LogP contribution is 2.26. The zero-order valence-electron chi connectivity index (χ0n) is 15.5. The number of carbonyl (C=O) groups excluding carboxylic acids is 1. The van der Waals surface area contributed by atoms with Gasteiger partial charge in [-0.2, -0.15) is 0 Å². The number of nitrogens with zero attached hydrogens (tertiary/aromatic N) is 1. The fourth-order valence-corrected chi connectivity index (χ4v) is 3.48. The molecule has 0 unspecified atom stereocenters. The first-order valence-corrected chi connectivity index (χ1v) is 9.56.